The smallest absolute Gasteiger partial charge is 0.204 e. The molecule has 0 bridgehead atoms. The molecule has 1 N–H and O–H groups in total. The van der Waals surface area contributed by atoms with E-state index in [2.05, 4.69) is 15.5 Å². The number of nitrogens with one attached hydrogen (secondary N) is 1. The van der Waals surface area contributed by atoms with E-state index in [1.807, 2.05) is 35.6 Å². The number of nitrogens with zero attached hydrogens (tertiary/aromatic N) is 4. The van der Waals surface area contributed by atoms with Crippen LogP contribution in [-0.2, 0) is 0 Å². The van der Waals surface area contributed by atoms with Gasteiger partial charge in [-0.1, -0.05) is 30.2 Å². The van der Waals surface area contributed by atoms with Crippen LogP contribution in [0.15, 0.2) is 36.4 Å². The van der Waals surface area contributed by atoms with E-state index in [0.717, 1.165) is 36.1 Å². The number of ether oxygens (including phenoxy) is 2. The molecule has 0 aliphatic rings. The van der Waals surface area contributed by atoms with Crippen molar-refractivity contribution in [1.29, 1.82) is 0 Å². The molecule has 8 nitrogen and oxygen atoms in total. The van der Waals surface area contributed by atoms with Gasteiger partial charge in [0.05, 0.1) is 30.3 Å². The van der Waals surface area contributed by atoms with Gasteiger partial charge < -0.3 is 14.8 Å². The van der Waals surface area contributed by atoms with Gasteiger partial charge in [0.15, 0.2) is 23.1 Å². The number of hydrogen-bond donors (Lipinski definition) is 1. The highest BCUT2D eigenvalue weighted by Gasteiger charge is 2.16. The van der Waals surface area contributed by atoms with E-state index in [-0.39, 0.29) is 5.78 Å². The second-order valence-corrected chi connectivity index (χ2v) is 8.11. The average molecular weight is 468 g/mol. The molecule has 0 amide bonds. The third-order valence-corrected chi connectivity index (χ3v) is 5.87. The maximum absolute atomic E-state index is 12.3. The van der Waals surface area contributed by atoms with Crippen LogP contribution in [0.2, 0.25) is 5.02 Å². The molecule has 0 atom stereocenters. The highest BCUT2D eigenvalue weighted by atomic mass is 35.5. The Hall–Kier alpha value is -3.39. The van der Waals surface area contributed by atoms with Gasteiger partial charge in [0.1, 0.15) is 5.82 Å². The highest BCUT2D eigenvalue weighted by Crippen LogP contribution is 2.33. The van der Waals surface area contributed by atoms with E-state index >= 15 is 0 Å². The lowest BCUT2D eigenvalue weighted by Gasteiger charge is -2.13. The Kier molecular flexibility index (Phi) is 6.93. The number of carbonyl (C=O) groups excluding carboxylic acids is 1. The van der Waals surface area contributed by atoms with Gasteiger partial charge >= 0.3 is 0 Å². The lowest BCUT2D eigenvalue weighted by atomic mass is 10.0. The SMILES string of the molecule is COc1cc2nc(NCCCCCC(=O)c3ccccc3Cl)c3nnc(C)n3c2cc1OC. The number of aryl methyl sites for hydroxylation is 1. The molecule has 0 saturated carbocycles. The van der Waals surface area contributed by atoms with Crippen LogP contribution < -0.4 is 14.8 Å². The zero-order valence-corrected chi connectivity index (χ0v) is 19.6. The first kappa shape index (κ1) is 22.8. The third kappa shape index (κ3) is 4.71. The Labute approximate surface area is 196 Å². The summed E-state index contributed by atoms with van der Waals surface area (Å²) >= 11 is 6.11. The van der Waals surface area contributed by atoms with Crippen LogP contribution in [0, 0.1) is 6.92 Å². The summed E-state index contributed by atoms with van der Waals surface area (Å²) in [6, 6.07) is 10.9. The average Bonchev–Trinajstić information content (AvgIpc) is 3.22. The second kappa shape index (κ2) is 10.0. The lowest BCUT2D eigenvalue weighted by Crippen LogP contribution is -2.07. The molecule has 9 heteroatoms. The molecule has 4 rings (SSSR count). The molecule has 0 radical (unpaired) electrons. The maximum atomic E-state index is 12.3. The molecule has 4 aromatic rings. The first-order valence-corrected chi connectivity index (χ1v) is 11.2. The number of ketones is 1. The van der Waals surface area contributed by atoms with Crippen molar-refractivity contribution in [2.75, 3.05) is 26.1 Å². The van der Waals surface area contributed by atoms with E-state index in [1.165, 1.54) is 0 Å². The molecule has 172 valence electrons. The number of unbranched alkanes of at least 4 members (excludes halogenated alkanes) is 2. The lowest BCUT2D eigenvalue weighted by molar-refractivity contribution is 0.0979. The number of rotatable bonds is 10. The van der Waals surface area contributed by atoms with E-state index in [9.17, 15) is 4.79 Å². The minimum atomic E-state index is 0.0785. The summed E-state index contributed by atoms with van der Waals surface area (Å²) in [6.45, 7) is 2.60. The predicted molar refractivity (Wildman–Crippen MR) is 129 cm³/mol. The minimum absolute atomic E-state index is 0.0785. The summed E-state index contributed by atoms with van der Waals surface area (Å²) in [5, 5.41) is 12.4. The molecule has 2 heterocycles. The number of benzene rings is 2. The molecule has 2 aromatic heterocycles. The standard InChI is InChI=1S/C24H26ClN5O3/c1-15-28-29-24-23(27-18-13-21(32-2)22(33-3)14-19(18)30(15)24)26-12-8-4-5-11-20(31)16-9-6-7-10-17(16)25/h6-7,9-10,13-14H,4-5,8,11-12H2,1-3H3,(H,26,27). The van der Waals surface area contributed by atoms with Crippen LogP contribution in [0.3, 0.4) is 0 Å². The number of halogens is 1. The number of fused-ring (bicyclic) bond motifs is 3. The summed E-state index contributed by atoms with van der Waals surface area (Å²) in [5.74, 6) is 2.72. The van der Waals surface area contributed by atoms with Crippen LogP contribution in [0.1, 0.15) is 41.9 Å². The van der Waals surface area contributed by atoms with Crippen molar-refractivity contribution in [3.63, 3.8) is 0 Å². The van der Waals surface area contributed by atoms with Crippen molar-refractivity contribution in [2.45, 2.75) is 32.6 Å². The monoisotopic (exact) mass is 467 g/mol. The normalized spacial score (nSPS) is 11.2. The zero-order chi connectivity index (χ0) is 23.4. The minimum Gasteiger partial charge on any atom is -0.493 e. The van der Waals surface area contributed by atoms with Crippen LogP contribution in [-0.4, -0.2) is 46.1 Å². The summed E-state index contributed by atoms with van der Waals surface area (Å²) in [6.07, 6.45) is 3.07. The molecular weight excluding hydrogens is 442 g/mol. The van der Waals surface area contributed by atoms with Crippen LogP contribution >= 0.6 is 11.6 Å². The van der Waals surface area contributed by atoms with Gasteiger partial charge in [-0.2, -0.15) is 0 Å². The largest absolute Gasteiger partial charge is 0.493 e. The first-order chi connectivity index (χ1) is 16.0. The van der Waals surface area contributed by atoms with Gasteiger partial charge in [-0.25, -0.2) is 4.98 Å². The van der Waals surface area contributed by atoms with E-state index < -0.39 is 0 Å². The predicted octanol–water partition coefficient (Wildman–Crippen LogP) is 5.11. The second-order valence-electron chi connectivity index (χ2n) is 7.70. The number of Topliss-reactive ketones (excluding diaryl/α,β-unsaturated/α-hetero) is 1. The van der Waals surface area contributed by atoms with E-state index in [1.54, 1.807) is 26.4 Å². The van der Waals surface area contributed by atoms with Gasteiger partial charge in [-0.05, 0) is 31.9 Å². The van der Waals surface area contributed by atoms with Gasteiger partial charge in [0, 0.05) is 30.7 Å². The molecule has 0 spiro atoms. The molecule has 33 heavy (non-hydrogen) atoms. The number of methoxy groups -OCH3 is 2. The molecule has 0 aliphatic carbocycles. The molecular formula is C24H26ClN5O3. The van der Waals surface area contributed by atoms with Crippen molar-refractivity contribution in [3.8, 4) is 11.5 Å². The Morgan fingerprint density at radius 1 is 1.06 bits per heavy atom. The molecule has 0 fully saturated rings. The van der Waals surface area contributed by atoms with E-state index in [0.29, 0.717) is 46.5 Å². The summed E-state index contributed by atoms with van der Waals surface area (Å²) in [5.41, 5.74) is 2.83. The number of aromatic nitrogens is 4. The Balaban J connectivity index is 1.42. The summed E-state index contributed by atoms with van der Waals surface area (Å²) in [4.78, 5) is 17.1. The van der Waals surface area contributed by atoms with Crippen molar-refractivity contribution in [2.24, 2.45) is 0 Å². The molecule has 2 aromatic carbocycles. The number of carbonyl (C=O) groups is 1. The van der Waals surface area contributed by atoms with Crippen LogP contribution in [0.4, 0.5) is 5.82 Å². The van der Waals surface area contributed by atoms with Crippen molar-refractivity contribution >= 4 is 39.9 Å². The number of anilines is 1. The van der Waals surface area contributed by atoms with Crippen LogP contribution in [0.25, 0.3) is 16.7 Å². The Bertz CT molecular complexity index is 1300. The topological polar surface area (TPSA) is 90.6 Å². The molecule has 0 saturated heterocycles. The zero-order valence-electron chi connectivity index (χ0n) is 18.9. The van der Waals surface area contributed by atoms with Gasteiger partial charge in [-0.15, -0.1) is 10.2 Å². The summed E-state index contributed by atoms with van der Waals surface area (Å²) in [7, 11) is 3.20. The molecule has 0 unspecified atom stereocenters. The fourth-order valence-electron chi connectivity index (χ4n) is 3.84. The Morgan fingerprint density at radius 3 is 2.58 bits per heavy atom. The quantitative estimate of drug-likeness (QED) is 0.256. The maximum Gasteiger partial charge on any atom is 0.204 e. The third-order valence-electron chi connectivity index (χ3n) is 5.54. The van der Waals surface area contributed by atoms with Gasteiger partial charge in [-0.3, -0.25) is 9.20 Å². The van der Waals surface area contributed by atoms with Crippen LogP contribution in [0.5, 0.6) is 11.5 Å². The fraction of sp³-hybridized carbons (Fsp3) is 0.333. The van der Waals surface area contributed by atoms with Crippen molar-refractivity contribution < 1.29 is 14.3 Å². The van der Waals surface area contributed by atoms with Crippen molar-refractivity contribution in [1.82, 2.24) is 19.6 Å². The Morgan fingerprint density at radius 2 is 1.82 bits per heavy atom. The molecule has 0 aliphatic heterocycles. The summed E-state index contributed by atoms with van der Waals surface area (Å²) < 4.78 is 12.8. The fourth-order valence-corrected chi connectivity index (χ4v) is 4.08. The van der Waals surface area contributed by atoms with E-state index in [4.69, 9.17) is 26.1 Å². The van der Waals surface area contributed by atoms with Gasteiger partial charge in [0.2, 0.25) is 5.65 Å². The highest BCUT2D eigenvalue weighted by molar-refractivity contribution is 6.33. The van der Waals surface area contributed by atoms with Gasteiger partial charge in [0.25, 0.3) is 0 Å². The number of hydrogen-bond acceptors (Lipinski definition) is 7. The first-order valence-electron chi connectivity index (χ1n) is 10.8. The van der Waals surface area contributed by atoms with Crippen molar-refractivity contribution in [3.05, 3.63) is 52.8 Å².